The number of aliphatic hydroxyl groups excluding tert-OH is 2. The summed E-state index contributed by atoms with van der Waals surface area (Å²) in [7, 11) is 0. The van der Waals surface area contributed by atoms with Gasteiger partial charge in [-0.2, -0.15) is 0 Å². The summed E-state index contributed by atoms with van der Waals surface area (Å²) in [5, 5.41) is 18.2. The molecule has 2 N–H and O–H groups in total. The van der Waals surface area contributed by atoms with Crippen molar-refractivity contribution in [1.29, 1.82) is 0 Å². The van der Waals surface area contributed by atoms with Crippen molar-refractivity contribution in [3.8, 4) is 0 Å². The Kier molecular flexibility index (Phi) is 8.24. The number of aliphatic hydroxyl groups is 2. The average Bonchev–Trinajstić information content (AvgIpc) is 3.40. The molecule has 0 saturated heterocycles. The summed E-state index contributed by atoms with van der Waals surface area (Å²) < 4.78 is 0. The van der Waals surface area contributed by atoms with Crippen LogP contribution in [0.15, 0.2) is 60.2 Å². The van der Waals surface area contributed by atoms with Crippen LogP contribution in [-0.2, 0) is 0 Å². The van der Waals surface area contributed by atoms with Crippen LogP contribution in [0.4, 0.5) is 0 Å². The Morgan fingerprint density at radius 2 is 1.52 bits per heavy atom. The summed E-state index contributed by atoms with van der Waals surface area (Å²) in [6.45, 7) is 13.3. The second-order valence-corrected chi connectivity index (χ2v) is 9.08. The van der Waals surface area contributed by atoms with Crippen LogP contribution in [0.5, 0.6) is 0 Å². The SMILES string of the molecule is C/C(=C\C(C)c1ccccc1C)CO.Cc1ccccc1C(C)C1CC1(C)CO. The zero-order valence-electron chi connectivity index (χ0n) is 18.9. The molecule has 1 aliphatic carbocycles. The Morgan fingerprint density at radius 1 is 1.00 bits per heavy atom. The molecule has 2 heteroatoms. The van der Waals surface area contributed by atoms with Gasteiger partial charge in [-0.3, -0.25) is 0 Å². The summed E-state index contributed by atoms with van der Waals surface area (Å²) >= 11 is 0. The van der Waals surface area contributed by atoms with Gasteiger partial charge in [0.15, 0.2) is 0 Å². The van der Waals surface area contributed by atoms with E-state index >= 15 is 0 Å². The molecule has 0 heterocycles. The standard InChI is InChI=1S/C14H20O.C13H18O/c1-10-6-4-5-7-12(10)11(2)13-8-14(13,3)9-15;1-10(9-14)8-12(3)13-7-5-4-6-11(13)2/h4-7,11,13,15H,8-9H2,1-3H3;4-8,12,14H,9H2,1-3H3/b;10-8+. The second kappa shape index (κ2) is 10.2. The molecule has 0 radical (unpaired) electrons. The van der Waals surface area contributed by atoms with Crippen LogP contribution in [0.1, 0.15) is 68.2 Å². The molecule has 0 aromatic heterocycles. The van der Waals surface area contributed by atoms with Crippen LogP contribution in [0, 0.1) is 25.2 Å². The highest BCUT2D eigenvalue weighted by Crippen LogP contribution is 2.58. The molecule has 0 amide bonds. The minimum atomic E-state index is 0.149. The van der Waals surface area contributed by atoms with E-state index < -0.39 is 0 Å². The normalized spacial score (nSPS) is 23.0. The molecule has 0 bridgehead atoms. The maximum Gasteiger partial charge on any atom is 0.0639 e. The number of allylic oxidation sites excluding steroid dienone is 1. The monoisotopic (exact) mass is 394 g/mol. The first-order valence-electron chi connectivity index (χ1n) is 10.7. The number of hydrogen-bond acceptors (Lipinski definition) is 2. The summed E-state index contributed by atoms with van der Waals surface area (Å²) in [5.41, 5.74) is 6.67. The Bertz CT molecular complexity index is 823. The molecule has 29 heavy (non-hydrogen) atoms. The summed E-state index contributed by atoms with van der Waals surface area (Å²) in [6, 6.07) is 17.0. The van der Waals surface area contributed by atoms with Crippen LogP contribution in [0.3, 0.4) is 0 Å². The summed E-state index contributed by atoms with van der Waals surface area (Å²) in [4.78, 5) is 0. The van der Waals surface area contributed by atoms with Crippen molar-refractivity contribution < 1.29 is 10.2 Å². The third-order valence-electron chi connectivity index (χ3n) is 6.53. The van der Waals surface area contributed by atoms with E-state index in [1.54, 1.807) is 0 Å². The zero-order valence-corrected chi connectivity index (χ0v) is 18.9. The zero-order chi connectivity index (χ0) is 21.6. The molecule has 158 valence electrons. The quantitative estimate of drug-likeness (QED) is 0.577. The van der Waals surface area contributed by atoms with Crippen molar-refractivity contribution in [2.45, 2.75) is 59.8 Å². The summed E-state index contributed by atoms with van der Waals surface area (Å²) in [5.74, 6) is 1.61. The van der Waals surface area contributed by atoms with E-state index in [1.165, 1.54) is 28.7 Å². The van der Waals surface area contributed by atoms with E-state index in [2.05, 4.69) is 83.2 Å². The van der Waals surface area contributed by atoms with Gasteiger partial charge in [-0.15, -0.1) is 0 Å². The van der Waals surface area contributed by atoms with E-state index in [0.717, 1.165) is 5.57 Å². The first-order chi connectivity index (χ1) is 13.7. The van der Waals surface area contributed by atoms with Crippen LogP contribution in [0.2, 0.25) is 0 Å². The lowest BCUT2D eigenvalue weighted by molar-refractivity contribution is 0.207. The van der Waals surface area contributed by atoms with Gasteiger partial charge in [-0.1, -0.05) is 81.0 Å². The van der Waals surface area contributed by atoms with Gasteiger partial charge in [0.2, 0.25) is 0 Å². The van der Waals surface area contributed by atoms with Gasteiger partial charge >= 0.3 is 0 Å². The highest BCUT2D eigenvalue weighted by molar-refractivity contribution is 5.32. The molecule has 1 aliphatic rings. The van der Waals surface area contributed by atoms with Gasteiger partial charge in [0, 0.05) is 6.61 Å². The fourth-order valence-corrected chi connectivity index (χ4v) is 4.39. The van der Waals surface area contributed by atoms with Crippen LogP contribution < -0.4 is 0 Å². The fraction of sp³-hybridized carbons (Fsp3) is 0.481. The maximum atomic E-state index is 9.30. The average molecular weight is 395 g/mol. The Balaban J connectivity index is 0.000000208. The predicted molar refractivity (Wildman–Crippen MR) is 123 cm³/mol. The number of hydrogen-bond donors (Lipinski definition) is 2. The number of rotatable bonds is 6. The van der Waals surface area contributed by atoms with Crippen molar-refractivity contribution in [1.82, 2.24) is 0 Å². The van der Waals surface area contributed by atoms with Crippen molar-refractivity contribution in [2.24, 2.45) is 11.3 Å². The van der Waals surface area contributed by atoms with E-state index in [9.17, 15) is 5.11 Å². The van der Waals surface area contributed by atoms with Crippen molar-refractivity contribution >= 4 is 0 Å². The lowest BCUT2D eigenvalue weighted by Gasteiger charge is -2.17. The molecule has 2 aromatic rings. The minimum absolute atomic E-state index is 0.149. The van der Waals surface area contributed by atoms with E-state index in [0.29, 0.717) is 24.4 Å². The highest BCUT2D eigenvalue weighted by Gasteiger charge is 2.52. The van der Waals surface area contributed by atoms with Gasteiger partial charge in [0.05, 0.1) is 6.61 Å². The summed E-state index contributed by atoms with van der Waals surface area (Å²) in [6.07, 6.45) is 3.28. The van der Waals surface area contributed by atoms with Gasteiger partial charge in [0.25, 0.3) is 0 Å². The van der Waals surface area contributed by atoms with Crippen LogP contribution >= 0.6 is 0 Å². The Labute approximate surface area is 177 Å². The van der Waals surface area contributed by atoms with E-state index in [1.807, 2.05) is 13.0 Å². The first-order valence-corrected chi connectivity index (χ1v) is 10.7. The smallest absolute Gasteiger partial charge is 0.0639 e. The van der Waals surface area contributed by atoms with Crippen LogP contribution in [0.25, 0.3) is 0 Å². The number of benzene rings is 2. The van der Waals surface area contributed by atoms with Crippen molar-refractivity contribution in [3.63, 3.8) is 0 Å². The van der Waals surface area contributed by atoms with Crippen LogP contribution in [-0.4, -0.2) is 23.4 Å². The van der Waals surface area contributed by atoms with Crippen molar-refractivity contribution in [3.05, 3.63) is 82.4 Å². The third kappa shape index (κ3) is 6.04. The third-order valence-corrected chi connectivity index (χ3v) is 6.53. The topological polar surface area (TPSA) is 40.5 Å². The lowest BCUT2D eigenvalue weighted by Crippen LogP contribution is -2.09. The largest absolute Gasteiger partial charge is 0.396 e. The molecule has 0 spiro atoms. The fourth-order valence-electron chi connectivity index (χ4n) is 4.39. The second-order valence-electron chi connectivity index (χ2n) is 9.08. The van der Waals surface area contributed by atoms with E-state index in [-0.39, 0.29) is 12.0 Å². The maximum absolute atomic E-state index is 9.30. The number of aryl methyl sites for hydroxylation is 2. The Morgan fingerprint density at radius 3 is 1.97 bits per heavy atom. The molecule has 2 nitrogen and oxygen atoms in total. The van der Waals surface area contributed by atoms with Gasteiger partial charge in [-0.25, -0.2) is 0 Å². The predicted octanol–water partition coefficient (Wildman–Crippen LogP) is 6.15. The molecular weight excluding hydrogens is 356 g/mol. The van der Waals surface area contributed by atoms with Crippen molar-refractivity contribution in [2.75, 3.05) is 13.2 Å². The van der Waals surface area contributed by atoms with E-state index in [4.69, 9.17) is 5.11 Å². The highest BCUT2D eigenvalue weighted by atomic mass is 16.3. The first kappa shape index (κ1) is 23.4. The molecule has 1 saturated carbocycles. The molecule has 4 atom stereocenters. The van der Waals surface area contributed by atoms with Gasteiger partial charge < -0.3 is 10.2 Å². The molecule has 0 aliphatic heterocycles. The molecular formula is C27H38O2. The Hall–Kier alpha value is -1.90. The molecule has 2 aromatic carbocycles. The van der Waals surface area contributed by atoms with Gasteiger partial charge in [-0.05, 0) is 72.6 Å². The molecule has 3 rings (SSSR count). The molecule has 1 fully saturated rings. The minimum Gasteiger partial charge on any atom is -0.396 e. The molecule has 4 unspecified atom stereocenters. The van der Waals surface area contributed by atoms with Gasteiger partial charge in [0.1, 0.15) is 0 Å². The lowest BCUT2D eigenvalue weighted by atomic mass is 9.89.